The molecule has 0 aliphatic rings. The zero-order valence-electron chi connectivity index (χ0n) is 14.4. The first kappa shape index (κ1) is 17.5. The van der Waals surface area contributed by atoms with E-state index in [-0.39, 0.29) is 0 Å². The molecule has 5 heteroatoms. The first-order chi connectivity index (χ1) is 11.1. The molecular formula is C18H26N4S. The number of aliphatic imine (C=N–C) groups is 1. The Bertz CT molecular complexity index is 629. The molecule has 0 fully saturated rings. The first-order valence-corrected chi connectivity index (χ1v) is 8.98. The first-order valence-electron chi connectivity index (χ1n) is 8.10. The predicted octanol–water partition coefficient (Wildman–Crippen LogP) is 3.83. The molecule has 0 spiro atoms. The molecule has 0 bridgehead atoms. The fraction of sp³-hybridized carbons (Fsp3) is 0.444. The third kappa shape index (κ3) is 5.67. The summed E-state index contributed by atoms with van der Waals surface area (Å²) in [5, 5.41) is 9.93. The Morgan fingerprint density at radius 2 is 1.96 bits per heavy atom. The van der Waals surface area contributed by atoms with Gasteiger partial charge in [-0.15, -0.1) is 11.3 Å². The van der Waals surface area contributed by atoms with E-state index < -0.39 is 0 Å². The highest BCUT2D eigenvalue weighted by Crippen LogP contribution is 2.18. The van der Waals surface area contributed by atoms with E-state index in [0.717, 1.165) is 18.2 Å². The van der Waals surface area contributed by atoms with Crippen LogP contribution in [0, 0.1) is 6.92 Å². The average Bonchev–Trinajstić information content (AvgIpc) is 3.01. The van der Waals surface area contributed by atoms with E-state index in [4.69, 9.17) is 0 Å². The molecule has 1 aromatic carbocycles. The number of rotatable bonds is 6. The Morgan fingerprint density at radius 3 is 2.57 bits per heavy atom. The van der Waals surface area contributed by atoms with Crippen LogP contribution >= 0.6 is 11.3 Å². The van der Waals surface area contributed by atoms with Gasteiger partial charge in [-0.3, -0.25) is 0 Å². The molecule has 0 unspecified atom stereocenters. The lowest BCUT2D eigenvalue weighted by molar-refractivity contribution is 0.787. The monoisotopic (exact) mass is 330 g/mol. The van der Waals surface area contributed by atoms with Gasteiger partial charge >= 0.3 is 0 Å². The maximum Gasteiger partial charge on any atom is 0.191 e. The van der Waals surface area contributed by atoms with Crippen molar-refractivity contribution in [3.05, 3.63) is 51.5 Å². The van der Waals surface area contributed by atoms with E-state index in [0.29, 0.717) is 19.0 Å². The van der Waals surface area contributed by atoms with Crippen molar-refractivity contribution in [3.8, 4) is 0 Å². The second kappa shape index (κ2) is 8.67. The second-order valence-corrected chi connectivity index (χ2v) is 6.76. The molecule has 0 saturated carbocycles. The van der Waals surface area contributed by atoms with E-state index in [1.54, 1.807) is 11.3 Å². The largest absolute Gasteiger partial charge is 0.357 e. The predicted molar refractivity (Wildman–Crippen MR) is 99.0 cm³/mol. The molecule has 0 radical (unpaired) electrons. The zero-order chi connectivity index (χ0) is 16.7. The third-order valence-electron chi connectivity index (χ3n) is 3.38. The van der Waals surface area contributed by atoms with Crippen LogP contribution in [0.2, 0.25) is 0 Å². The molecule has 2 N–H and O–H groups in total. The minimum Gasteiger partial charge on any atom is -0.357 e. The summed E-state index contributed by atoms with van der Waals surface area (Å²) in [5.41, 5.74) is 3.55. The molecule has 1 heterocycles. The van der Waals surface area contributed by atoms with Crippen LogP contribution in [0.25, 0.3) is 0 Å². The van der Waals surface area contributed by atoms with Crippen molar-refractivity contribution in [2.45, 2.75) is 46.7 Å². The number of aryl methyl sites for hydroxylation is 1. The molecule has 4 nitrogen and oxygen atoms in total. The van der Waals surface area contributed by atoms with Crippen molar-refractivity contribution in [2.24, 2.45) is 4.99 Å². The quantitative estimate of drug-likeness (QED) is 0.625. The molecule has 124 valence electrons. The van der Waals surface area contributed by atoms with Crippen LogP contribution in [0.15, 0.2) is 34.6 Å². The molecule has 2 aromatic rings. The zero-order valence-corrected chi connectivity index (χ0v) is 15.2. The van der Waals surface area contributed by atoms with Gasteiger partial charge in [0.1, 0.15) is 0 Å². The lowest BCUT2D eigenvalue weighted by Crippen LogP contribution is -2.36. The lowest BCUT2D eigenvalue weighted by atomic mass is 10.1. The Balaban J connectivity index is 1.94. The number of nitrogens with one attached hydrogen (secondary N) is 2. The summed E-state index contributed by atoms with van der Waals surface area (Å²) >= 11 is 1.72. The summed E-state index contributed by atoms with van der Waals surface area (Å²) in [5.74, 6) is 1.31. The highest BCUT2D eigenvalue weighted by Gasteiger charge is 2.06. The van der Waals surface area contributed by atoms with Crippen molar-refractivity contribution < 1.29 is 0 Å². The summed E-state index contributed by atoms with van der Waals surface area (Å²) in [6, 6.07) is 8.48. The minimum absolute atomic E-state index is 0.484. The van der Waals surface area contributed by atoms with E-state index >= 15 is 0 Å². The number of aromatic nitrogens is 1. The Kier molecular flexibility index (Phi) is 6.59. The molecule has 0 saturated heterocycles. The topological polar surface area (TPSA) is 49.3 Å². The van der Waals surface area contributed by atoms with Gasteiger partial charge in [0.05, 0.1) is 23.8 Å². The molecule has 0 aliphatic carbocycles. The third-order valence-corrected chi connectivity index (χ3v) is 4.58. The molecule has 0 aliphatic heterocycles. The van der Waals surface area contributed by atoms with Crippen LogP contribution in [0.5, 0.6) is 0 Å². The van der Waals surface area contributed by atoms with Crippen molar-refractivity contribution in [1.29, 1.82) is 0 Å². The van der Waals surface area contributed by atoms with Crippen LogP contribution in [-0.4, -0.2) is 17.5 Å². The van der Waals surface area contributed by atoms with Crippen LogP contribution in [0.4, 0.5) is 0 Å². The minimum atomic E-state index is 0.484. The van der Waals surface area contributed by atoms with Crippen molar-refractivity contribution >= 4 is 17.3 Å². The van der Waals surface area contributed by atoms with Gasteiger partial charge in [-0.25, -0.2) is 9.98 Å². The summed E-state index contributed by atoms with van der Waals surface area (Å²) < 4.78 is 0. The van der Waals surface area contributed by atoms with Gasteiger partial charge in [0.25, 0.3) is 0 Å². The average molecular weight is 331 g/mol. The molecular weight excluding hydrogens is 304 g/mol. The normalized spacial score (nSPS) is 11.8. The van der Waals surface area contributed by atoms with Crippen LogP contribution in [0.3, 0.4) is 0 Å². The summed E-state index contributed by atoms with van der Waals surface area (Å²) in [6.45, 7) is 10.7. The number of benzene rings is 1. The van der Waals surface area contributed by atoms with Crippen molar-refractivity contribution in [3.63, 3.8) is 0 Å². The summed E-state index contributed by atoms with van der Waals surface area (Å²) in [6.07, 6.45) is 0. The molecule has 1 aromatic heterocycles. The second-order valence-electron chi connectivity index (χ2n) is 5.87. The maximum atomic E-state index is 4.64. The number of nitrogens with zero attached hydrogens (tertiary/aromatic N) is 2. The number of guanidine groups is 1. The summed E-state index contributed by atoms with van der Waals surface area (Å²) in [7, 11) is 0. The Hall–Kier alpha value is -1.88. The summed E-state index contributed by atoms with van der Waals surface area (Å²) in [4.78, 5) is 9.28. The lowest BCUT2D eigenvalue weighted by Gasteiger charge is -2.10. The molecule has 0 amide bonds. The highest BCUT2D eigenvalue weighted by molar-refractivity contribution is 7.09. The van der Waals surface area contributed by atoms with Crippen LogP contribution in [0.1, 0.15) is 48.5 Å². The van der Waals surface area contributed by atoms with Crippen molar-refractivity contribution in [1.82, 2.24) is 15.6 Å². The van der Waals surface area contributed by atoms with Crippen molar-refractivity contribution in [2.75, 3.05) is 6.54 Å². The molecule has 2 rings (SSSR count). The van der Waals surface area contributed by atoms with Gasteiger partial charge in [0.15, 0.2) is 5.96 Å². The fourth-order valence-electron chi connectivity index (χ4n) is 2.05. The van der Waals surface area contributed by atoms with Gasteiger partial charge in [-0.1, -0.05) is 43.7 Å². The smallest absolute Gasteiger partial charge is 0.191 e. The van der Waals surface area contributed by atoms with Gasteiger partial charge < -0.3 is 10.6 Å². The van der Waals surface area contributed by atoms with Gasteiger partial charge in [-0.05, 0) is 19.4 Å². The van der Waals surface area contributed by atoms with Gasteiger partial charge in [0.2, 0.25) is 0 Å². The van der Waals surface area contributed by atoms with Crippen LogP contribution in [-0.2, 0) is 13.1 Å². The Morgan fingerprint density at radius 1 is 1.22 bits per heavy atom. The van der Waals surface area contributed by atoms with E-state index in [1.165, 1.54) is 16.1 Å². The standard InChI is InChI=1S/C18H26N4S/c1-5-19-18(20-10-15-8-6-14(4)7-9-15)21-11-16-12-23-17(22-16)13(2)3/h6-9,12-13H,5,10-11H2,1-4H3,(H2,19,20,21). The molecule has 23 heavy (non-hydrogen) atoms. The molecule has 0 atom stereocenters. The fourth-order valence-corrected chi connectivity index (χ4v) is 2.88. The van der Waals surface area contributed by atoms with Crippen LogP contribution < -0.4 is 10.6 Å². The number of hydrogen-bond donors (Lipinski definition) is 2. The Labute approximate surface area is 143 Å². The SMILES string of the molecule is CCNC(=NCc1ccc(C)cc1)NCc1csc(C(C)C)n1. The number of thiazole rings is 1. The number of hydrogen-bond acceptors (Lipinski definition) is 3. The van der Waals surface area contributed by atoms with Gasteiger partial charge in [-0.2, -0.15) is 0 Å². The highest BCUT2D eigenvalue weighted by atomic mass is 32.1. The van der Waals surface area contributed by atoms with E-state index in [2.05, 4.69) is 78.0 Å². The van der Waals surface area contributed by atoms with Gasteiger partial charge in [0, 0.05) is 17.8 Å². The van der Waals surface area contributed by atoms with E-state index in [9.17, 15) is 0 Å². The maximum absolute atomic E-state index is 4.64. The van der Waals surface area contributed by atoms with E-state index in [1.807, 2.05) is 0 Å².